The predicted molar refractivity (Wildman–Crippen MR) is 78.1 cm³/mol. The Bertz CT molecular complexity index is 491. The fourth-order valence-electron chi connectivity index (χ4n) is 3.05. The molecular weight excluding hydrogens is 252 g/mol. The van der Waals surface area contributed by atoms with Gasteiger partial charge in [-0.25, -0.2) is 4.79 Å². The third-order valence-electron chi connectivity index (χ3n) is 4.50. The summed E-state index contributed by atoms with van der Waals surface area (Å²) >= 11 is 0. The lowest BCUT2D eigenvalue weighted by Gasteiger charge is -2.22. The molecule has 20 heavy (non-hydrogen) atoms. The highest BCUT2D eigenvalue weighted by Gasteiger charge is 2.46. The van der Waals surface area contributed by atoms with Crippen molar-refractivity contribution in [3.05, 3.63) is 29.8 Å². The SMILES string of the molecule is COc1ccccc1C1(CNC(=O)N2CCCC2)CC1. The van der Waals surface area contributed by atoms with Crippen LogP contribution in [0, 0.1) is 0 Å². The van der Waals surface area contributed by atoms with Crippen LogP contribution in [0.1, 0.15) is 31.2 Å². The number of carbonyl (C=O) groups excluding carboxylic acids is 1. The van der Waals surface area contributed by atoms with Gasteiger partial charge in [-0.3, -0.25) is 0 Å². The summed E-state index contributed by atoms with van der Waals surface area (Å²) in [7, 11) is 1.71. The van der Waals surface area contributed by atoms with Gasteiger partial charge in [-0.15, -0.1) is 0 Å². The molecule has 108 valence electrons. The number of nitrogens with zero attached hydrogens (tertiary/aromatic N) is 1. The zero-order valence-electron chi connectivity index (χ0n) is 12.0. The maximum Gasteiger partial charge on any atom is 0.317 e. The summed E-state index contributed by atoms with van der Waals surface area (Å²) in [6.45, 7) is 2.50. The molecule has 0 bridgehead atoms. The average molecular weight is 274 g/mol. The van der Waals surface area contributed by atoms with Crippen molar-refractivity contribution in [1.82, 2.24) is 10.2 Å². The van der Waals surface area contributed by atoms with E-state index in [0.717, 1.165) is 44.5 Å². The minimum Gasteiger partial charge on any atom is -0.496 e. The lowest BCUT2D eigenvalue weighted by Crippen LogP contribution is -2.41. The molecule has 0 aromatic heterocycles. The van der Waals surface area contributed by atoms with Gasteiger partial charge in [0.05, 0.1) is 7.11 Å². The molecule has 2 amide bonds. The van der Waals surface area contributed by atoms with Gasteiger partial charge < -0.3 is 15.0 Å². The summed E-state index contributed by atoms with van der Waals surface area (Å²) in [6.07, 6.45) is 4.50. The Hall–Kier alpha value is -1.71. The van der Waals surface area contributed by atoms with Crippen LogP contribution < -0.4 is 10.1 Å². The highest BCUT2D eigenvalue weighted by Crippen LogP contribution is 2.50. The van der Waals surface area contributed by atoms with Gasteiger partial charge in [-0.1, -0.05) is 18.2 Å². The van der Waals surface area contributed by atoms with E-state index in [-0.39, 0.29) is 11.4 Å². The van der Waals surface area contributed by atoms with Crippen molar-refractivity contribution in [2.24, 2.45) is 0 Å². The molecule has 1 aliphatic heterocycles. The highest BCUT2D eigenvalue weighted by molar-refractivity contribution is 5.74. The molecule has 1 saturated heterocycles. The molecule has 4 heteroatoms. The van der Waals surface area contributed by atoms with Gasteiger partial charge in [-0.05, 0) is 31.7 Å². The fraction of sp³-hybridized carbons (Fsp3) is 0.562. The van der Waals surface area contributed by atoms with Crippen molar-refractivity contribution in [3.8, 4) is 5.75 Å². The van der Waals surface area contributed by atoms with Crippen molar-refractivity contribution in [2.45, 2.75) is 31.1 Å². The molecule has 0 spiro atoms. The van der Waals surface area contributed by atoms with Crippen LogP contribution in [0.5, 0.6) is 5.75 Å². The number of likely N-dealkylation sites (tertiary alicyclic amines) is 1. The van der Waals surface area contributed by atoms with Crippen LogP contribution in [0.2, 0.25) is 0 Å². The molecule has 1 aliphatic carbocycles. The highest BCUT2D eigenvalue weighted by atomic mass is 16.5. The number of hydrogen-bond acceptors (Lipinski definition) is 2. The summed E-state index contributed by atoms with van der Waals surface area (Å²) in [5, 5.41) is 3.11. The summed E-state index contributed by atoms with van der Waals surface area (Å²) in [6, 6.07) is 8.23. The number of amides is 2. The maximum atomic E-state index is 12.1. The molecule has 1 saturated carbocycles. The smallest absolute Gasteiger partial charge is 0.317 e. The van der Waals surface area contributed by atoms with E-state index >= 15 is 0 Å². The van der Waals surface area contributed by atoms with Crippen LogP contribution in [0.4, 0.5) is 4.79 Å². The number of methoxy groups -OCH3 is 1. The van der Waals surface area contributed by atoms with E-state index in [1.165, 1.54) is 5.56 Å². The molecule has 2 aliphatic rings. The van der Waals surface area contributed by atoms with E-state index in [1.807, 2.05) is 23.1 Å². The second kappa shape index (κ2) is 5.35. The second-order valence-electron chi connectivity index (χ2n) is 5.83. The van der Waals surface area contributed by atoms with E-state index < -0.39 is 0 Å². The van der Waals surface area contributed by atoms with E-state index in [4.69, 9.17) is 4.74 Å². The molecule has 4 nitrogen and oxygen atoms in total. The first kappa shape index (κ1) is 13.3. The Balaban J connectivity index is 1.65. The number of urea groups is 1. The van der Waals surface area contributed by atoms with Gasteiger partial charge in [-0.2, -0.15) is 0 Å². The van der Waals surface area contributed by atoms with Gasteiger partial charge in [0.25, 0.3) is 0 Å². The van der Waals surface area contributed by atoms with Crippen molar-refractivity contribution < 1.29 is 9.53 Å². The molecule has 1 heterocycles. The number of benzene rings is 1. The quantitative estimate of drug-likeness (QED) is 0.916. The Morgan fingerprint density at radius 1 is 1.30 bits per heavy atom. The Labute approximate surface area is 120 Å². The van der Waals surface area contributed by atoms with E-state index in [1.54, 1.807) is 7.11 Å². The van der Waals surface area contributed by atoms with Crippen LogP contribution in [0.25, 0.3) is 0 Å². The number of rotatable bonds is 4. The first-order valence-electron chi connectivity index (χ1n) is 7.41. The van der Waals surface area contributed by atoms with Gasteiger partial charge in [0.1, 0.15) is 5.75 Å². The van der Waals surface area contributed by atoms with Crippen molar-refractivity contribution in [1.29, 1.82) is 0 Å². The number of ether oxygens (including phenoxy) is 1. The zero-order valence-corrected chi connectivity index (χ0v) is 12.0. The van der Waals surface area contributed by atoms with Crippen molar-refractivity contribution >= 4 is 6.03 Å². The molecule has 0 unspecified atom stereocenters. The fourth-order valence-corrected chi connectivity index (χ4v) is 3.05. The first-order valence-corrected chi connectivity index (χ1v) is 7.41. The van der Waals surface area contributed by atoms with Crippen molar-refractivity contribution in [3.63, 3.8) is 0 Å². The minimum atomic E-state index is 0.0853. The first-order chi connectivity index (χ1) is 9.75. The van der Waals surface area contributed by atoms with Crippen LogP contribution >= 0.6 is 0 Å². The number of carbonyl (C=O) groups is 1. The second-order valence-corrected chi connectivity index (χ2v) is 5.83. The van der Waals surface area contributed by atoms with E-state index in [9.17, 15) is 4.79 Å². The normalized spacial score (nSPS) is 19.8. The van der Waals surface area contributed by atoms with Gasteiger partial charge in [0, 0.05) is 30.6 Å². The van der Waals surface area contributed by atoms with Gasteiger partial charge in [0.2, 0.25) is 0 Å². The van der Waals surface area contributed by atoms with E-state index in [0.29, 0.717) is 6.54 Å². The third-order valence-corrected chi connectivity index (χ3v) is 4.50. The van der Waals surface area contributed by atoms with Gasteiger partial charge in [0.15, 0.2) is 0 Å². The van der Waals surface area contributed by atoms with Crippen LogP contribution in [0.15, 0.2) is 24.3 Å². The Kier molecular flexibility index (Phi) is 3.55. The predicted octanol–water partition coefficient (Wildman–Crippen LogP) is 2.53. The summed E-state index contributed by atoms with van der Waals surface area (Å²) in [5.74, 6) is 0.931. The average Bonchev–Trinajstić information content (AvgIpc) is 3.07. The molecular formula is C16H22N2O2. The number of hydrogen-bond donors (Lipinski definition) is 1. The largest absolute Gasteiger partial charge is 0.496 e. The molecule has 1 aromatic rings. The van der Waals surface area contributed by atoms with Crippen LogP contribution in [0.3, 0.4) is 0 Å². The third kappa shape index (κ3) is 2.47. The van der Waals surface area contributed by atoms with Crippen LogP contribution in [-0.4, -0.2) is 37.7 Å². The molecule has 1 aromatic carbocycles. The molecule has 1 N–H and O–H groups in total. The lowest BCUT2D eigenvalue weighted by molar-refractivity contribution is 0.207. The Morgan fingerprint density at radius 2 is 2.00 bits per heavy atom. The number of para-hydroxylation sites is 1. The molecule has 3 rings (SSSR count). The lowest BCUT2D eigenvalue weighted by atomic mass is 9.95. The topological polar surface area (TPSA) is 41.6 Å². The molecule has 0 atom stereocenters. The van der Waals surface area contributed by atoms with Gasteiger partial charge >= 0.3 is 6.03 Å². The number of nitrogens with one attached hydrogen (secondary N) is 1. The minimum absolute atomic E-state index is 0.0853. The summed E-state index contributed by atoms with van der Waals surface area (Å²) in [4.78, 5) is 14.0. The summed E-state index contributed by atoms with van der Waals surface area (Å²) < 4.78 is 5.46. The monoisotopic (exact) mass is 274 g/mol. The summed E-state index contributed by atoms with van der Waals surface area (Å²) in [5.41, 5.74) is 1.31. The molecule has 0 radical (unpaired) electrons. The maximum absolute atomic E-state index is 12.1. The standard InChI is InChI=1S/C16H22N2O2/c1-20-14-7-3-2-6-13(14)16(8-9-16)12-17-15(19)18-10-4-5-11-18/h2-3,6-7H,4-5,8-12H2,1H3,(H,17,19). The molecule has 2 fully saturated rings. The Morgan fingerprint density at radius 3 is 2.65 bits per heavy atom. The van der Waals surface area contributed by atoms with E-state index in [2.05, 4.69) is 11.4 Å². The van der Waals surface area contributed by atoms with Crippen molar-refractivity contribution in [2.75, 3.05) is 26.7 Å². The van der Waals surface area contributed by atoms with Crippen LogP contribution in [-0.2, 0) is 5.41 Å². The zero-order chi connectivity index (χ0) is 14.0.